The second-order valence-electron chi connectivity index (χ2n) is 4.40. The molecule has 0 amide bonds. The van der Waals surface area contributed by atoms with Gasteiger partial charge in [-0.25, -0.2) is 0 Å². The predicted octanol–water partition coefficient (Wildman–Crippen LogP) is -6.32. The molecule has 1 saturated heterocycles. The third kappa shape index (κ3) is 5.94. The summed E-state index contributed by atoms with van der Waals surface area (Å²) in [6.07, 6.45) is -6.18. The third-order valence-corrected chi connectivity index (χ3v) is 4.37. The van der Waals surface area contributed by atoms with Crippen LogP contribution in [-0.4, -0.2) is 81.8 Å². The first-order valence-electron chi connectivity index (χ1n) is 6.08. The number of ether oxygens (including phenoxy) is 2. The van der Waals surface area contributed by atoms with Gasteiger partial charge in [0.1, 0.15) is 18.3 Å². The zero-order valence-electron chi connectivity index (χ0n) is 11.9. The van der Waals surface area contributed by atoms with Crippen LogP contribution in [0.3, 0.4) is 0 Å². The van der Waals surface area contributed by atoms with Gasteiger partial charge in [0.15, 0.2) is 6.29 Å². The topological polar surface area (TPSA) is 140 Å². The summed E-state index contributed by atoms with van der Waals surface area (Å²) in [7, 11) is 1.28. The molecule has 1 aliphatic rings. The van der Waals surface area contributed by atoms with Crippen molar-refractivity contribution in [1.82, 2.24) is 0 Å². The van der Waals surface area contributed by atoms with E-state index in [1.807, 2.05) is 0 Å². The fourth-order valence-electron chi connectivity index (χ4n) is 1.85. The van der Waals surface area contributed by atoms with Crippen LogP contribution in [0, 0.1) is 0 Å². The summed E-state index contributed by atoms with van der Waals surface area (Å²) >= 11 is 0.925. The van der Waals surface area contributed by atoms with Crippen molar-refractivity contribution < 1.29 is 69.4 Å². The minimum Gasteiger partial charge on any atom is -0.549 e. The van der Waals surface area contributed by atoms with Crippen molar-refractivity contribution in [1.29, 1.82) is 0 Å². The molecule has 0 spiro atoms. The van der Waals surface area contributed by atoms with Crippen LogP contribution in [-0.2, 0) is 14.3 Å². The molecule has 4 N–H and O–H groups in total. The van der Waals surface area contributed by atoms with Crippen molar-refractivity contribution >= 4 is 17.7 Å². The number of hydrogen-bond donors (Lipinski definition) is 4. The molecule has 0 radical (unpaired) electrons. The van der Waals surface area contributed by atoms with E-state index in [0.29, 0.717) is 0 Å². The Labute approximate surface area is 148 Å². The van der Waals surface area contributed by atoms with Gasteiger partial charge in [-0.15, -0.1) is 11.8 Å². The quantitative estimate of drug-likeness (QED) is 0.335. The number of aliphatic carboxylic acids is 1. The smallest absolute Gasteiger partial charge is 0.549 e. The number of hydrogen-bond acceptors (Lipinski definition) is 9. The number of thioether (sulfide) groups is 1. The Balaban J connectivity index is 0.00000400. The second kappa shape index (κ2) is 10.4. The van der Waals surface area contributed by atoms with Crippen LogP contribution in [0.1, 0.15) is 6.42 Å². The Bertz CT molecular complexity index is 319. The van der Waals surface area contributed by atoms with Gasteiger partial charge in [0.25, 0.3) is 0 Å². The van der Waals surface area contributed by atoms with Crippen LogP contribution in [0.4, 0.5) is 0 Å². The molecule has 6 atom stereocenters. The number of methoxy groups -OCH3 is 1. The summed E-state index contributed by atoms with van der Waals surface area (Å²) in [6.45, 7) is -0.304. The molecule has 8 nitrogen and oxygen atoms in total. The standard InChI is InChI=1S/C11H20O8S.Na/c1-18-11-9(15)8(14)7(13)5(19-11)4-20-6(2-3-12)10(16)17;/h5-9,11-15H,2-4H2,1H3,(H,16,17);/q;+1/p-1. The van der Waals surface area contributed by atoms with Gasteiger partial charge in [0.05, 0.1) is 12.1 Å². The van der Waals surface area contributed by atoms with Crippen molar-refractivity contribution in [3.05, 3.63) is 0 Å². The second-order valence-corrected chi connectivity index (χ2v) is 5.64. The van der Waals surface area contributed by atoms with E-state index in [1.165, 1.54) is 7.11 Å². The van der Waals surface area contributed by atoms with E-state index in [2.05, 4.69) is 0 Å². The Morgan fingerprint density at radius 3 is 2.43 bits per heavy atom. The minimum absolute atomic E-state index is 0. The van der Waals surface area contributed by atoms with Gasteiger partial charge in [0, 0.05) is 24.7 Å². The molecular weight excluding hydrogens is 315 g/mol. The van der Waals surface area contributed by atoms with Gasteiger partial charge in [0.2, 0.25) is 0 Å². The van der Waals surface area contributed by atoms with Crippen molar-refractivity contribution in [2.45, 2.75) is 42.4 Å². The van der Waals surface area contributed by atoms with Crippen molar-refractivity contribution in [2.24, 2.45) is 0 Å². The number of aliphatic hydroxyl groups is 4. The average Bonchev–Trinajstić information content (AvgIpc) is 2.42. The molecule has 0 aromatic heterocycles. The summed E-state index contributed by atoms with van der Waals surface area (Å²) in [6, 6.07) is 0. The number of carbonyl (C=O) groups is 1. The van der Waals surface area contributed by atoms with Crippen LogP contribution < -0.4 is 34.7 Å². The minimum atomic E-state index is -1.45. The molecule has 0 saturated carbocycles. The fourth-order valence-corrected chi connectivity index (χ4v) is 2.95. The summed E-state index contributed by atoms with van der Waals surface area (Å²) < 4.78 is 10.1. The van der Waals surface area contributed by atoms with E-state index in [4.69, 9.17) is 14.6 Å². The van der Waals surface area contributed by atoms with Gasteiger partial charge in [-0.2, -0.15) is 0 Å². The van der Waals surface area contributed by atoms with Crippen molar-refractivity contribution in [3.8, 4) is 0 Å². The maximum atomic E-state index is 10.8. The molecule has 6 unspecified atom stereocenters. The predicted molar refractivity (Wildman–Crippen MR) is 66.6 cm³/mol. The third-order valence-electron chi connectivity index (χ3n) is 3.02. The molecule has 10 heteroatoms. The molecule has 1 aliphatic heterocycles. The van der Waals surface area contributed by atoms with Crippen molar-refractivity contribution in [3.63, 3.8) is 0 Å². The monoisotopic (exact) mass is 334 g/mol. The van der Waals surface area contributed by atoms with Gasteiger partial charge in [-0.1, -0.05) is 0 Å². The van der Waals surface area contributed by atoms with E-state index in [-0.39, 0.29) is 48.3 Å². The van der Waals surface area contributed by atoms with E-state index < -0.39 is 41.9 Å². The Morgan fingerprint density at radius 1 is 1.33 bits per heavy atom. The van der Waals surface area contributed by atoms with Gasteiger partial charge >= 0.3 is 29.6 Å². The maximum Gasteiger partial charge on any atom is 1.00 e. The molecule has 0 aliphatic carbocycles. The molecule has 21 heavy (non-hydrogen) atoms. The normalized spacial score (nSPS) is 34.0. The first-order chi connectivity index (χ1) is 9.42. The Hall–Kier alpha value is 0.580. The first kappa shape index (κ1) is 21.6. The van der Waals surface area contributed by atoms with Crippen molar-refractivity contribution in [2.75, 3.05) is 19.5 Å². The van der Waals surface area contributed by atoms with Crippen LogP contribution >= 0.6 is 11.8 Å². The van der Waals surface area contributed by atoms with Crippen LogP contribution in [0.25, 0.3) is 0 Å². The van der Waals surface area contributed by atoms with Gasteiger partial charge < -0.3 is 39.8 Å². The fraction of sp³-hybridized carbons (Fsp3) is 0.909. The van der Waals surface area contributed by atoms with Crippen LogP contribution in [0.2, 0.25) is 0 Å². The molecule has 1 heterocycles. The summed E-state index contributed by atoms with van der Waals surface area (Å²) in [4.78, 5) is 10.8. The summed E-state index contributed by atoms with van der Waals surface area (Å²) in [5.74, 6) is -1.28. The molecule has 1 rings (SSSR count). The maximum absolute atomic E-state index is 10.8. The molecule has 0 bridgehead atoms. The number of carboxylic acids is 1. The summed E-state index contributed by atoms with van der Waals surface area (Å²) in [5.41, 5.74) is 0. The van der Waals surface area contributed by atoms with E-state index in [9.17, 15) is 25.2 Å². The molecule has 118 valence electrons. The number of carboxylic acid groups (broad SMARTS) is 1. The molecule has 0 aromatic carbocycles. The van der Waals surface area contributed by atoms with E-state index in [1.54, 1.807) is 0 Å². The summed E-state index contributed by atoms with van der Waals surface area (Å²) in [5, 5.41) is 47.6. The van der Waals surface area contributed by atoms with Gasteiger partial charge in [-0.05, 0) is 6.42 Å². The molecule has 1 fully saturated rings. The van der Waals surface area contributed by atoms with E-state index >= 15 is 0 Å². The van der Waals surface area contributed by atoms with Crippen LogP contribution in [0.15, 0.2) is 0 Å². The first-order valence-corrected chi connectivity index (χ1v) is 7.13. The zero-order chi connectivity index (χ0) is 15.3. The van der Waals surface area contributed by atoms with Crippen LogP contribution in [0.5, 0.6) is 0 Å². The Morgan fingerprint density at radius 2 is 1.95 bits per heavy atom. The van der Waals surface area contributed by atoms with Gasteiger partial charge in [-0.3, -0.25) is 0 Å². The number of rotatable bonds is 7. The average molecular weight is 334 g/mol. The van der Waals surface area contributed by atoms with E-state index in [0.717, 1.165) is 11.8 Å². The Kier molecular flexibility index (Phi) is 10.7. The largest absolute Gasteiger partial charge is 1.00 e. The number of carbonyl (C=O) groups excluding carboxylic acids is 1. The SMILES string of the molecule is COC1OC(CSC(CCO)C(=O)[O-])C(O)C(O)C1O.[Na+]. The molecule has 0 aromatic rings. The molecular formula is C11H19NaO8S. The zero-order valence-corrected chi connectivity index (χ0v) is 14.7. The number of aliphatic hydroxyl groups excluding tert-OH is 4.